The molecule has 1 saturated carbocycles. The number of methoxy groups -OCH3 is 1. The first kappa shape index (κ1) is 30.6. The summed E-state index contributed by atoms with van der Waals surface area (Å²) >= 11 is 0. The molecule has 0 spiro atoms. The van der Waals surface area contributed by atoms with Crippen LogP contribution in [0.2, 0.25) is 0 Å². The summed E-state index contributed by atoms with van der Waals surface area (Å²) in [6, 6.07) is 2.06. The van der Waals surface area contributed by atoms with E-state index in [-0.39, 0.29) is 40.5 Å². The number of benzene rings is 1. The lowest BCUT2D eigenvalue weighted by atomic mass is 9.88. The summed E-state index contributed by atoms with van der Waals surface area (Å²) in [5.41, 5.74) is 4.46. The molecule has 2 aromatic rings. The largest absolute Gasteiger partial charge is 0.490 e. The highest BCUT2D eigenvalue weighted by molar-refractivity contribution is 5.97. The number of anilines is 1. The number of amides is 2. The van der Waals surface area contributed by atoms with Crippen molar-refractivity contribution < 1.29 is 50.2 Å². The molecule has 218 valence electrons. The van der Waals surface area contributed by atoms with Crippen molar-refractivity contribution in [3.8, 4) is 11.3 Å². The number of halogens is 6. The van der Waals surface area contributed by atoms with Gasteiger partial charge < -0.3 is 26.3 Å². The first-order chi connectivity index (χ1) is 18.5. The molecule has 1 atom stereocenters. The SMILES string of the molecule is COC1CCC(NC(=O)c2nc(-c3cc(C(OC(=O)C(F)(F)F)(C(N)=O)C(F)(F)F)ccc3C)cnc2N)CC1. The van der Waals surface area contributed by atoms with Gasteiger partial charge in [0.05, 0.1) is 18.0 Å². The molecule has 5 N–H and O–H groups in total. The second-order valence-electron chi connectivity index (χ2n) is 9.13. The number of nitrogens with two attached hydrogens (primary N) is 2. The molecule has 10 nitrogen and oxygen atoms in total. The van der Waals surface area contributed by atoms with E-state index in [9.17, 15) is 40.7 Å². The number of alkyl halides is 6. The Labute approximate surface area is 223 Å². The maximum atomic E-state index is 14.1. The van der Waals surface area contributed by atoms with Gasteiger partial charge in [0.25, 0.3) is 11.8 Å². The van der Waals surface area contributed by atoms with Gasteiger partial charge in [0.2, 0.25) is 0 Å². The van der Waals surface area contributed by atoms with Crippen LogP contribution in [0, 0.1) is 6.92 Å². The maximum Gasteiger partial charge on any atom is 0.490 e. The number of nitrogen functional groups attached to an aromatic ring is 1. The highest BCUT2D eigenvalue weighted by atomic mass is 19.4. The second kappa shape index (κ2) is 11.3. The fourth-order valence-electron chi connectivity index (χ4n) is 4.32. The van der Waals surface area contributed by atoms with Crippen molar-refractivity contribution >= 4 is 23.6 Å². The number of aryl methyl sites for hydroxylation is 1. The average molecular weight is 577 g/mol. The van der Waals surface area contributed by atoms with Crippen LogP contribution in [0.3, 0.4) is 0 Å². The van der Waals surface area contributed by atoms with Crippen molar-refractivity contribution in [1.29, 1.82) is 0 Å². The van der Waals surface area contributed by atoms with Crippen LogP contribution in [-0.2, 0) is 24.7 Å². The summed E-state index contributed by atoms with van der Waals surface area (Å²) in [6.45, 7) is 1.41. The molecule has 2 amide bonds. The van der Waals surface area contributed by atoms with Crippen LogP contribution in [0.1, 0.15) is 47.3 Å². The molecule has 1 heterocycles. The number of rotatable bonds is 7. The number of aromatic nitrogens is 2. The summed E-state index contributed by atoms with van der Waals surface area (Å²) in [5.74, 6) is -6.69. The van der Waals surface area contributed by atoms with Crippen molar-refractivity contribution in [3.63, 3.8) is 0 Å². The van der Waals surface area contributed by atoms with Crippen molar-refractivity contribution in [3.05, 3.63) is 41.2 Å². The van der Waals surface area contributed by atoms with Crippen LogP contribution in [0.4, 0.5) is 32.2 Å². The molecule has 1 fully saturated rings. The van der Waals surface area contributed by atoms with Crippen molar-refractivity contribution in [1.82, 2.24) is 15.3 Å². The van der Waals surface area contributed by atoms with Crippen molar-refractivity contribution in [2.45, 2.75) is 62.7 Å². The number of esters is 1. The van der Waals surface area contributed by atoms with Crippen molar-refractivity contribution in [2.24, 2.45) is 5.73 Å². The Morgan fingerprint density at radius 3 is 2.20 bits per heavy atom. The Morgan fingerprint density at radius 1 is 1.05 bits per heavy atom. The zero-order valence-corrected chi connectivity index (χ0v) is 21.2. The molecule has 0 saturated heterocycles. The van der Waals surface area contributed by atoms with E-state index in [1.807, 2.05) is 0 Å². The zero-order valence-electron chi connectivity index (χ0n) is 21.2. The van der Waals surface area contributed by atoms with E-state index in [4.69, 9.17) is 16.2 Å². The highest BCUT2D eigenvalue weighted by Gasteiger charge is 2.66. The first-order valence-corrected chi connectivity index (χ1v) is 11.8. The summed E-state index contributed by atoms with van der Waals surface area (Å²) in [7, 11) is 1.59. The van der Waals surface area contributed by atoms with E-state index in [2.05, 4.69) is 20.0 Å². The van der Waals surface area contributed by atoms with E-state index in [0.717, 1.165) is 12.3 Å². The smallest absolute Gasteiger partial charge is 0.427 e. The van der Waals surface area contributed by atoms with Gasteiger partial charge in [-0.25, -0.2) is 14.8 Å². The van der Waals surface area contributed by atoms with E-state index in [0.29, 0.717) is 37.8 Å². The minimum absolute atomic E-state index is 0.0659. The van der Waals surface area contributed by atoms with Crippen LogP contribution in [0.15, 0.2) is 24.4 Å². The number of carbonyl (C=O) groups is 3. The zero-order chi connectivity index (χ0) is 30.0. The molecule has 1 aliphatic rings. The van der Waals surface area contributed by atoms with E-state index < -0.39 is 41.3 Å². The Hall–Kier alpha value is -3.95. The number of primary amides is 1. The standard InChI is InChI=1S/C24H25F6N5O5/c1-11-3-4-12(22(20(32)37,24(28,29)30)40-21(38)23(25,26)27)9-15(11)16-10-33-18(31)17(35-16)19(36)34-13-5-7-14(39-2)8-6-13/h3-4,9-10,13-14H,5-8H2,1-2H3,(H2,31,33)(H2,32,37)(H,34,36). The lowest BCUT2D eigenvalue weighted by Crippen LogP contribution is -2.57. The molecule has 1 aromatic carbocycles. The number of carbonyl (C=O) groups excluding carboxylic acids is 3. The van der Waals surface area contributed by atoms with Gasteiger partial charge in [-0.05, 0) is 44.2 Å². The summed E-state index contributed by atoms with van der Waals surface area (Å²) in [6.07, 6.45) is -8.05. The van der Waals surface area contributed by atoms with Gasteiger partial charge in [0, 0.05) is 24.3 Å². The third-order valence-electron chi connectivity index (χ3n) is 6.50. The molecule has 1 unspecified atom stereocenters. The second-order valence-corrected chi connectivity index (χ2v) is 9.13. The van der Waals surface area contributed by atoms with Crippen LogP contribution in [0.5, 0.6) is 0 Å². The number of ether oxygens (including phenoxy) is 2. The number of hydrogen-bond acceptors (Lipinski definition) is 8. The van der Waals surface area contributed by atoms with Crippen LogP contribution < -0.4 is 16.8 Å². The van der Waals surface area contributed by atoms with Gasteiger partial charge in [-0.3, -0.25) is 9.59 Å². The van der Waals surface area contributed by atoms with Gasteiger partial charge in [-0.2, -0.15) is 26.3 Å². The Morgan fingerprint density at radius 2 is 1.68 bits per heavy atom. The van der Waals surface area contributed by atoms with Gasteiger partial charge in [0.1, 0.15) is 0 Å². The molecular weight excluding hydrogens is 552 g/mol. The summed E-state index contributed by atoms with van der Waals surface area (Å²) < 4.78 is 90.0. The Balaban J connectivity index is 2.04. The monoisotopic (exact) mass is 577 g/mol. The number of hydrogen-bond donors (Lipinski definition) is 3. The third-order valence-corrected chi connectivity index (χ3v) is 6.50. The van der Waals surface area contributed by atoms with E-state index >= 15 is 0 Å². The third kappa shape index (κ3) is 6.11. The molecule has 40 heavy (non-hydrogen) atoms. The number of nitrogens with zero attached hydrogens (tertiary/aromatic N) is 2. The predicted octanol–water partition coefficient (Wildman–Crippen LogP) is 3.07. The summed E-state index contributed by atoms with van der Waals surface area (Å²) in [5, 5.41) is 2.77. The summed E-state index contributed by atoms with van der Waals surface area (Å²) in [4.78, 5) is 44.4. The van der Waals surface area contributed by atoms with Crippen LogP contribution >= 0.6 is 0 Å². The van der Waals surface area contributed by atoms with Gasteiger partial charge in [0.15, 0.2) is 11.5 Å². The highest BCUT2D eigenvalue weighted by Crippen LogP contribution is 2.44. The Kier molecular flexibility index (Phi) is 8.62. The molecular formula is C24H25F6N5O5. The topological polar surface area (TPSA) is 160 Å². The lowest BCUT2D eigenvalue weighted by Gasteiger charge is -2.33. The van der Waals surface area contributed by atoms with Gasteiger partial charge >= 0.3 is 23.9 Å². The molecule has 0 bridgehead atoms. The maximum absolute atomic E-state index is 14.1. The van der Waals surface area contributed by atoms with Crippen LogP contribution in [-0.4, -0.2) is 59.4 Å². The fourth-order valence-corrected chi connectivity index (χ4v) is 4.32. The first-order valence-electron chi connectivity index (χ1n) is 11.8. The van der Waals surface area contributed by atoms with Gasteiger partial charge in [-0.15, -0.1) is 0 Å². The van der Waals surface area contributed by atoms with Crippen LogP contribution in [0.25, 0.3) is 11.3 Å². The molecule has 16 heteroatoms. The van der Waals surface area contributed by atoms with Crippen molar-refractivity contribution in [2.75, 3.05) is 12.8 Å². The lowest BCUT2D eigenvalue weighted by molar-refractivity contribution is -0.280. The molecule has 0 radical (unpaired) electrons. The predicted molar refractivity (Wildman–Crippen MR) is 126 cm³/mol. The minimum atomic E-state index is -5.90. The molecule has 0 aliphatic heterocycles. The molecule has 3 rings (SSSR count). The minimum Gasteiger partial charge on any atom is -0.427 e. The molecule has 1 aromatic heterocycles. The average Bonchev–Trinajstić information content (AvgIpc) is 2.86. The number of nitrogens with one attached hydrogen (secondary N) is 1. The fraction of sp³-hybridized carbons (Fsp3) is 0.458. The normalized spacial score (nSPS) is 19.4. The molecule has 1 aliphatic carbocycles. The Bertz CT molecular complexity index is 1290. The van der Waals surface area contributed by atoms with E-state index in [1.54, 1.807) is 7.11 Å². The van der Waals surface area contributed by atoms with E-state index in [1.165, 1.54) is 6.92 Å². The quantitative estimate of drug-likeness (QED) is 0.335. The van der Waals surface area contributed by atoms with Gasteiger partial charge in [-0.1, -0.05) is 12.1 Å².